The first-order valence-electron chi connectivity index (χ1n) is 4.27. The van der Waals surface area contributed by atoms with E-state index < -0.39 is 0 Å². The molecule has 0 saturated heterocycles. The summed E-state index contributed by atoms with van der Waals surface area (Å²) in [5.41, 5.74) is 1.17. The largest absolute Gasteiger partial charge is 0.396 e. The average molecular weight is 154 g/mol. The van der Waals surface area contributed by atoms with E-state index >= 15 is 0 Å². The highest BCUT2D eigenvalue weighted by Gasteiger charge is 2.39. The molecule has 62 valence electrons. The van der Waals surface area contributed by atoms with Gasteiger partial charge in [-0.15, -0.1) is 0 Å². The van der Waals surface area contributed by atoms with Gasteiger partial charge in [0.25, 0.3) is 0 Å². The van der Waals surface area contributed by atoms with Crippen molar-refractivity contribution in [2.24, 2.45) is 17.8 Å². The van der Waals surface area contributed by atoms with Crippen molar-refractivity contribution in [1.29, 1.82) is 0 Å². The molecule has 2 N–H and O–H groups in total. The van der Waals surface area contributed by atoms with Crippen molar-refractivity contribution >= 4 is 0 Å². The Labute approximate surface area is 66.5 Å². The van der Waals surface area contributed by atoms with E-state index in [9.17, 15) is 0 Å². The highest BCUT2D eigenvalue weighted by atomic mass is 16.3. The number of allylic oxidation sites excluding steroid dienone is 1. The maximum atomic E-state index is 8.99. The number of aliphatic hydroxyl groups is 2. The molecule has 2 aliphatic carbocycles. The van der Waals surface area contributed by atoms with Gasteiger partial charge in [0.2, 0.25) is 0 Å². The number of fused-ring (bicyclic) bond motifs is 2. The number of rotatable bonds is 2. The second-order valence-corrected chi connectivity index (χ2v) is 3.68. The van der Waals surface area contributed by atoms with Crippen LogP contribution in [0.4, 0.5) is 0 Å². The van der Waals surface area contributed by atoms with Crippen molar-refractivity contribution in [2.75, 3.05) is 13.2 Å². The summed E-state index contributed by atoms with van der Waals surface area (Å²) in [5.74, 6) is 1.58. The maximum absolute atomic E-state index is 8.99. The van der Waals surface area contributed by atoms with Crippen molar-refractivity contribution < 1.29 is 10.2 Å². The zero-order chi connectivity index (χ0) is 7.84. The molecule has 0 heterocycles. The highest BCUT2D eigenvalue weighted by molar-refractivity contribution is 5.21. The quantitative estimate of drug-likeness (QED) is 0.570. The van der Waals surface area contributed by atoms with E-state index in [-0.39, 0.29) is 6.61 Å². The highest BCUT2D eigenvalue weighted by Crippen LogP contribution is 2.47. The first-order chi connectivity index (χ1) is 5.35. The van der Waals surface area contributed by atoms with E-state index in [0.717, 1.165) is 6.42 Å². The maximum Gasteiger partial charge on any atom is 0.0644 e. The van der Waals surface area contributed by atoms with Gasteiger partial charge in [-0.2, -0.15) is 0 Å². The van der Waals surface area contributed by atoms with Crippen LogP contribution < -0.4 is 0 Å². The lowest BCUT2D eigenvalue weighted by Crippen LogP contribution is -2.17. The Morgan fingerprint density at radius 3 is 2.73 bits per heavy atom. The minimum absolute atomic E-state index is 0.192. The van der Waals surface area contributed by atoms with E-state index in [1.807, 2.05) is 0 Å². The Bertz CT molecular complexity index is 186. The zero-order valence-electron chi connectivity index (χ0n) is 6.53. The molecule has 2 nitrogen and oxygen atoms in total. The van der Waals surface area contributed by atoms with Crippen LogP contribution in [0.25, 0.3) is 0 Å². The van der Waals surface area contributed by atoms with E-state index in [4.69, 9.17) is 10.2 Å². The molecular formula is C9H14O2. The van der Waals surface area contributed by atoms with Gasteiger partial charge in [0, 0.05) is 6.61 Å². The normalized spacial score (nSPS) is 41.3. The minimum Gasteiger partial charge on any atom is -0.396 e. The molecule has 0 radical (unpaired) electrons. The number of hydrogen-bond donors (Lipinski definition) is 2. The fourth-order valence-electron chi connectivity index (χ4n) is 2.56. The molecule has 2 rings (SSSR count). The summed E-state index contributed by atoms with van der Waals surface area (Å²) < 4.78 is 0. The fourth-order valence-corrected chi connectivity index (χ4v) is 2.56. The van der Waals surface area contributed by atoms with Gasteiger partial charge >= 0.3 is 0 Å². The lowest BCUT2D eigenvalue weighted by atomic mass is 9.88. The van der Waals surface area contributed by atoms with Gasteiger partial charge in [-0.05, 0) is 36.2 Å². The summed E-state index contributed by atoms with van der Waals surface area (Å²) in [6.45, 7) is 0.482. The summed E-state index contributed by atoms with van der Waals surface area (Å²) in [6, 6.07) is 0. The minimum atomic E-state index is 0.192. The molecule has 2 bridgehead atoms. The van der Waals surface area contributed by atoms with Crippen LogP contribution in [-0.4, -0.2) is 23.4 Å². The molecule has 11 heavy (non-hydrogen) atoms. The Balaban J connectivity index is 2.12. The molecule has 0 amide bonds. The third-order valence-electron chi connectivity index (χ3n) is 3.07. The third kappa shape index (κ3) is 1.01. The van der Waals surface area contributed by atoms with Crippen LogP contribution in [0.3, 0.4) is 0 Å². The first kappa shape index (κ1) is 7.32. The molecule has 1 fully saturated rings. The Hall–Kier alpha value is -0.340. The summed E-state index contributed by atoms with van der Waals surface area (Å²) in [5, 5.41) is 17.9. The smallest absolute Gasteiger partial charge is 0.0644 e. The van der Waals surface area contributed by atoms with Crippen molar-refractivity contribution in [3.8, 4) is 0 Å². The Morgan fingerprint density at radius 2 is 2.18 bits per heavy atom. The van der Waals surface area contributed by atoms with Crippen LogP contribution >= 0.6 is 0 Å². The van der Waals surface area contributed by atoms with Crippen molar-refractivity contribution in [2.45, 2.75) is 12.8 Å². The third-order valence-corrected chi connectivity index (χ3v) is 3.07. The molecule has 0 aromatic carbocycles. The Morgan fingerprint density at radius 1 is 1.36 bits per heavy atom. The molecule has 2 heteroatoms. The number of aliphatic hydroxyl groups excluding tert-OH is 2. The van der Waals surface area contributed by atoms with Crippen LogP contribution in [-0.2, 0) is 0 Å². The summed E-state index contributed by atoms with van der Waals surface area (Å²) in [7, 11) is 0. The molecule has 2 aliphatic rings. The van der Waals surface area contributed by atoms with Crippen LogP contribution in [0.15, 0.2) is 11.6 Å². The molecule has 0 aliphatic heterocycles. The topological polar surface area (TPSA) is 40.5 Å². The van der Waals surface area contributed by atoms with Crippen LogP contribution in [0.2, 0.25) is 0 Å². The van der Waals surface area contributed by atoms with E-state index in [1.54, 1.807) is 0 Å². The lowest BCUT2D eigenvalue weighted by Gasteiger charge is -2.19. The lowest BCUT2D eigenvalue weighted by molar-refractivity contribution is 0.194. The van der Waals surface area contributed by atoms with E-state index in [0.29, 0.717) is 24.4 Å². The first-order valence-corrected chi connectivity index (χ1v) is 4.27. The molecule has 3 unspecified atom stereocenters. The predicted octanol–water partition coefficient (Wildman–Crippen LogP) is 0.553. The monoisotopic (exact) mass is 154 g/mol. The molecule has 3 atom stereocenters. The molecule has 0 spiro atoms. The SMILES string of the molecule is OCC1=CC2CC(CO)C1C2. The van der Waals surface area contributed by atoms with Gasteiger partial charge in [-0.3, -0.25) is 0 Å². The summed E-state index contributed by atoms with van der Waals surface area (Å²) in [6.07, 6.45) is 4.49. The van der Waals surface area contributed by atoms with Crippen LogP contribution in [0.5, 0.6) is 0 Å². The van der Waals surface area contributed by atoms with E-state index in [2.05, 4.69) is 6.08 Å². The van der Waals surface area contributed by atoms with Crippen LogP contribution in [0, 0.1) is 17.8 Å². The number of hydrogen-bond acceptors (Lipinski definition) is 2. The standard InChI is InChI=1S/C9H14O2/c10-4-7-1-6-2-8(5-11)9(7)3-6/h1,6,8-11H,2-5H2. The second kappa shape index (κ2) is 2.61. The van der Waals surface area contributed by atoms with Crippen molar-refractivity contribution in [3.63, 3.8) is 0 Å². The molecular weight excluding hydrogens is 140 g/mol. The molecule has 0 aromatic heterocycles. The molecule has 0 aromatic rings. The predicted molar refractivity (Wildman–Crippen MR) is 42.0 cm³/mol. The summed E-state index contributed by atoms with van der Waals surface area (Å²) >= 11 is 0. The van der Waals surface area contributed by atoms with Crippen molar-refractivity contribution in [1.82, 2.24) is 0 Å². The Kier molecular flexibility index (Phi) is 1.74. The van der Waals surface area contributed by atoms with Gasteiger partial charge in [0.1, 0.15) is 0 Å². The van der Waals surface area contributed by atoms with Gasteiger partial charge in [0.05, 0.1) is 6.61 Å². The van der Waals surface area contributed by atoms with Crippen molar-refractivity contribution in [3.05, 3.63) is 11.6 Å². The van der Waals surface area contributed by atoms with Gasteiger partial charge in [-0.25, -0.2) is 0 Å². The zero-order valence-corrected chi connectivity index (χ0v) is 6.53. The fraction of sp³-hybridized carbons (Fsp3) is 0.778. The summed E-state index contributed by atoms with van der Waals surface area (Å²) in [4.78, 5) is 0. The average Bonchev–Trinajstić information content (AvgIpc) is 2.60. The van der Waals surface area contributed by atoms with Gasteiger partial charge in [-0.1, -0.05) is 6.08 Å². The second-order valence-electron chi connectivity index (χ2n) is 3.68. The van der Waals surface area contributed by atoms with Gasteiger partial charge < -0.3 is 10.2 Å². The van der Waals surface area contributed by atoms with Gasteiger partial charge in [0.15, 0.2) is 0 Å². The van der Waals surface area contributed by atoms with E-state index in [1.165, 1.54) is 12.0 Å². The molecule has 1 saturated carbocycles. The van der Waals surface area contributed by atoms with Crippen LogP contribution in [0.1, 0.15) is 12.8 Å².